The molecule has 3 rings (SSSR count). The highest BCUT2D eigenvalue weighted by Gasteiger charge is 2.28. The maximum atomic E-state index is 12.2. The lowest BCUT2D eigenvalue weighted by molar-refractivity contribution is -0.115. The number of phenols is 1. The van der Waals surface area contributed by atoms with Crippen molar-refractivity contribution in [3.05, 3.63) is 54.1 Å². The molecule has 0 saturated heterocycles. The second-order valence-corrected chi connectivity index (χ2v) is 5.67. The minimum atomic E-state index is -0.128. The van der Waals surface area contributed by atoms with E-state index in [9.17, 15) is 9.90 Å². The van der Waals surface area contributed by atoms with Crippen molar-refractivity contribution in [1.29, 1.82) is 0 Å². The van der Waals surface area contributed by atoms with Crippen LogP contribution in [0.5, 0.6) is 5.75 Å². The molecule has 1 heterocycles. The lowest BCUT2D eigenvalue weighted by Crippen LogP contribution is -2.24. The molecular formula is C15H13NO2S. The van der Waals surface area contributed by atoms with Crippen LogP contribution >= 0.6 is 11.8 Å². The van der Waals surface area contributed by atoms with Gasteiger partial charge in [0.05, 0.1) is 10.9 Å². The molecule has 0 spiro atoms. The summed E-state index contributed by atoms with van der Waals surface area (Å²) in [6.45, 7) is 0. The van der Waals surface area contributed by atoms with Crippen LogP contribution in [0.2, 0.25) is 0 Å². The van der Waals surface area contributed by atoms with Gasteiger partial charge in [0.1, 0.15) is 5.75 Å². The molecule has 3 nitrogen and oxygen atoms in total. The molecule has 2 N–H and O–H groups in total. The molecule has 1 aliphatic rings. The standard InChI is InChI=1S/C15H13NO2S/c17-12-7-3-2-6-11(12)16-15(18)14-9-10-5-1-4-8-13(10)19-14/h1-8,14,17H,9H2,(H,16,18). The monoisotopic (exact) mass is 271 g/mol. The zero-order valence-electron chi connectivity index (χ0n) is 10.2. The van der Waals surface area contributed by atoms with Gasteiger partial charge >= 0.3 is 0 Å². The Morgan fingerprint density at radius 3 is 2.68 bits per heavy atom. The molecule has 0 saturated carbocycles. The smallest absolute Gasteiger partial charge is 0.238 e. The van der Waals surface area contributed by atoms with Crippen molar-refractivity contribution < 1.29 is 9.90 Å². The summed E-state index contributed by atoms with van der Waals surface area (Å²) in [5, 5.41) is 12.3. The maximum absolute atomic E-state index is 12.2. The van der Waals surface area contributed by atoms with Crippen LogP contribution in [-0.4, -0.2) is 16.3 Å². The number of amides is 1. The van der Waals surface area contributed by atoms with Crippen molar-refractivity contribution in [3.8, 4) is 5.75 Å². The van der Waals surface area contributed by atoms with E-state index < -0.39 is 0 Å². The Kier molecular flexibility index (Phi) is 3.17. The Balaban J connectivity index is 1.72. The Labute approximate surface area is 115 Å². The summed E-state index contributed by atoms with van der Waals surface area (Å²) in [7, 11) is 0. The van der Waals surface area contributed by atoms with Crippen molar-refractivity contribution >= 4 is 23.4 Å². The number of rotatable bonds is 2. The van der Waals surface area contributed by atoms with Gasteiger partial charge in [0.25, 0.3) is 0 Å². The summed E-state index contributed by atoms with van der Waals surface area (Å²) in [4.78, 5) is 13.4. The summed E-state index contributed by atoms with van der Waals surface area (Å²) < 4.78 is 0. The van der Waals surface area contributed by atoms with Gasteiger partial charge in [-0.3, -0.25) is 4.79 Å². The van der Waals surface area contributed by atoms with Crippen LogP contribution in [0, 0.1) is 0 Å². The average Bonchev–Trinajstić information content (AvgIpc) is 2.85. The molecule has 96 valence electrons. The van der Waals surface area contributed by atoms with Crippen LogP contribution in [0.25, 0.3) is 0 Å². The summed E-state index contributed by atoms with van der Waals surface area (Å²) in [6, 6.07) is 14.8. The molecule has 1 aliphatic heterocycles. The molecule has 0 bridgehead atoms. The molecule has 19 heavy (non-hydrogen) atoms. The van der Waals surface area contributed by atoms with Crippen LogP contribution in [0.3, 0.4) is 0 Å². The highest BCUT2D eigenvalue weighted by molar-refractivity contribution is 8.01. The van der Waals surface area contributed by atoms with Crippen molar-refractivity contribution in [3.63, 3.8) is 0 Å². The number of aromatic hydroxyl groups is 1. The number of hydrogen-bond donors (Lipinski definition) is 2. The molecule has 0 aliphatic carbocycles. The number of thioether (sulfide) groups is 1. The van der Waals surface area contributed by atoms with Crippen molar-refractivity contribution in [2.75, 3.05) is 5.32 Å². The largest absolute Gasteiger partial charge is 0.506 e. The second kappa shape index (κ2) is 4.97. The first-order chi connectivity index (χ1) is 9.24. The quantitative estimate of drug-likeness (QED) is 0.825. The number of phenolic OH excluding ortho intramolecular Hbond substituents is 1. The third-order valence-electron chi connectivity index (χ3n) is 3.10. The summed E-state index contributed by atoms with van der Waals surface area (Å²) in [5.41, 5.74) is 1.67. The summed E-state index contributed by atoms with van der Waals surface area (Å²) in [6.07, 6.45) is 0.736. The minimum absolute atomic E-state index is 0.0669. The number of para-hydroxylation sites is 2. The molecule has 1 atom stereocenters. The fourth-order valence-electron chi connectivity index (χ4n) is 2.12. The van der Waals surface area contributed by atoms with E-state index in [1.54, 1.807) is 36.0 Å². The van der Waals surface area contributed by atoms with Gasteiger partial charge in [-0.1, -0.05) is 30.3 Å². The van der Waals surface area contributed by atoms with Gasteiger partial charge in [-0.2, -0.15) is 0 Å². The Hall–Kier alpha value is -1.94. The summed E-state index contributed by atoms with van der Waals surface area (Å²) in [5.74, 6) is 0.0269. The minimum Gasteiger partial charge on any atom is -0.506 e. The number of benzene rings is 2. The topological polar surface area (TPSA) is 49.3 Å². The third-order valence-corrected chi connectivity index (χ3v) is 4.42. The van der Waals surface area contributed by atoms with E-state index in [1.807, 2.05) is 18.2 Å². The van der Waals surface area contributed by atoms with Gasteiger partial charge in [0, 0.05) is 4.90 Å². The van der Waals surface area contributed by atoms with Crippen molar-refractivity contribution in [2.45, 2.75) is 16.6 Å². The van der Waals surface area contributed by atoms with Crippen LogP contribution < -0.4 is 5.32 Å². The number of nitrogens with one attached hydrogen (secondary N) is 1. The number of hydrogen-bond acceptors (Lipinski definition) is 3. The summed E-state index contributed by atoms with van der Waals surface area (Å²) >= 11 is 1.58. The van der Waals surface area contributed by atoms with E-state index in [0.29, 0.717) is 5.69 Å². The van der Waals surface area contributed by atoms with E-state index in [1.165, 1.54) is 10.5 Å². The normalized spacial score (nSPS) is 16.9. The molecule has 2 aromatic carbocycles. The highest BCUT2D eigenvalue weighted by atomic mass is 32.2. The van der Waals surface area contributed by atoms with Crippen LogP contribution in [-0.2, 0) is 11.2 Å². The molecule has 1 unspecified atom stereocenters. The zero-order chi connectivity index (χ0) is 13.2. The molecule has 0 fully saturated rings. The Morgan fingerprint density at radius 1 is 1.16 bits per heavy atom. The average molecular weight is 271 g/mol. The Bertz CT molecular complexity index is 602. The SMILES string of the molecule is O=C(Nc1ccccc1O)C1Cc2ccccc2S1. The van der Waals surface area contributed by atoms with Gasteiger partial charge in [-0.15, -0.1) is 11.8 Å². The molecule has 0 radical (unpaired) electrons. The molecule has 4 heteroatoms. The van der Waals surface area contributed by atoms with E-state index in [4.69, 9.17) is 0 Å². The van der Waals surface area contributed by atoms with Crippen molar-refractivity contribution in [2.24, 2.45) is 0 Å². The van der Waals surface area contributed by atoms with Gasteiger partial charge in [0.15, 0.2) is 0 Å². The predicted molar refractivity (Wildman–Crippen MR) is 76.5 cm³/mol. The van der Waals surface area contributed by atoms with Crippen LogP contribution in [0.1, 0.15) is 5.56 Å². The molecule has 0 aromatic heterocycles. The first kappa shape index (κ1) is 12.1. The van der Waals surface area contributed by atoms with Gasteiger partial charge < -0.3 is 10.4 Å². The van der Waals surface area contributed by atoms with E-state index in [-0.39, 0.29) is 16.9 Å². The number of anilines is 1. The lowest BCUT2D eigenvalue weighted by atomic mass is 10.1. The molecule has 2 aromatic rings. The van der Waals surface area contributed by atoms with Crippen molar-refractivity contribution in [1.82, 2.24) is 0 Å². The van der Waals surface area contributed by atoms with Crippen LogP contribution in [0.15, 0.2) is 53.4 Å². The second-order valence-electron chi connectivity index (χ2n) is 4.42. The van der Waals surface area contributed by atoms with Gasteiger partial charge in [-0.05, 0) is 30.2 Å². The number of fused-ring (bicyclic) bond motifs is 1. The van der Waals surface area contributed by atoms with Crippen LogP contribution in [0.4, 0.5) is 5.69 Å². The third kappa shape index (κ3) is 2.44. The zero-order valence-corrected chi connectivity index (χ0v) is 11.0. The first-order valence-corrected chi connectivity index (χ1v) is 6.95. The first-order valence-electron chi connectivity index (χ1n) is 6.07. The maximum Gasteiger partial charge on any atom is 0.238 e. The van der Waals surface area contributed by atoms with E-state index in [2.05, 4.69) is 11.4 Å². The van der Waals surface area contributed by atoms with E-state index >= 15 is 0 Å². The number of carbonyl (C=O) groups excluding carboxylic acids is 1. The fourth-order valence-corrected chi connectivity index (χ4v) is 3.32. The number of carbonyl (C=O) groups is 1. The lowest BCUT2D eigenvalue weighted by Gasteiger charge is -2.10. The predicted octanol–water partition coefficient (Wildman–Crippen LogP) is 3.05. The van der Waals surface area contributed by atoms with Gasteiger partial charge in [-0.25, -0.2) is 0 Å². The molecular weight excluding hydrogens is 258 g/mol. The Morgan fingerprint density at radius 2 is 1.89 bits per heavy atom. The fraction of sp³-hybridized carbons (Fsp3) is 0.133. The molecule has 1 amide bonds. The van der Waals surface area contributed by atoms with Gasteiger partial charge in [0.2, 0.25) is 5.91 Å². The highest BCUT2D eigenvalue weighted by Crippen LogP contribution is 2.37. The van der Waals surface area contributed by atoms with E-state index in [0.717, 1.165) is 6.42 Å².